The third-order valence-electron chi connectivity index (χ3n) is 4.63. The van der Waals surface area contributed by atoms with Crippen molar-refractivity contribution < 1.29 is 4.79 Å². The zero-order valence-electron chi connectivity index (χ0n) is 12.6. The topological polar surface area (TPSA) is 35.9 Å². The van der Waals surface area contributed by atoms with E-state index in [2.05, 4.69) is 17.2 Å². The normalized spacial score (nSPS) is 22.5. The Hall–Kier alpha value is -1.84. The molecule has 0 spiro atoms. The Balaban J connectivity index is 1.72. The van der Waals surface area contributed by atoms with Gasteiger partial charge in [-0.05, 0) is 18.4 Å². The molecule has 0 saturated heterocycles. The van der Waals surface area contributed by atoms with Crippen LogP contribution in [0.1, 0.15) is 50.1 Å². The minimum absolute atomic E-state index is 0.0319. The highest BCUT2D eigenvalue weighted by Crippen LogP contribution is 2.30. The number of amides is 2. The van der Waals surface area contributed by atoms with Gasteiger partial charge in [0, 0.05) is 25.7 Å². The summed E-state index contributed by atoms with van der Waals surface area (Å²) < 4.78 is 0. The molecule has 0 aromatic heterocycles. The van der Waals surface area contributed by atoms with Crippen molar-refractivity contribution in [2.75, 3.05) is 7.05 Å². The van der Waals surface area contributed by atoms with E-state index >= 15 is 0 Å². The van der Waals surface area contributed by atoms with E-state index in [-0.39, 0.29) is 12.1 Å². The first-order valence-corrected chi connectivity index (χ1v) is 7.91. The van der Waals surface area contributed by atoms with Crippen LogP contribution >= 0.6 is 0 Å². The number of nitrogens with zero attached hydrogens (tertiary/aromatic N) is 3. The fourth-order valence-electron chi connectivity index (χ4n) is 3.34. The molecule has 1 aliphatic carbocycles. The van der Waals surface area contributed by atoms with E-state index in [0.29, 0.717) is 6.04 Å². The molecule has 2 amide bonds. The second kappa shape index (κ2) is 6.29. The molecule has 1 saturated carbocycles. The summed E-state index contributed by atoms with van der Waals surface area (Å²) in [5.41, 5.74) is 1.15. The fraction of sp³-hybridized carbons (Fsp3) is 0.529. The number of carbonyl (C=O) groups is 1. The Bertz CT molecular complexity index is 508. The maximum Gasteiger partial charge on any atom is 0.340 e. The van der Waals surface area contributed by atoms with E-state index in [9.17, 15) is 4.79 Å². The van der Waals surface area contributed by atoms with E-state index in [1.54, 1.807) is 5.01 Å². The monoisotopic (exact) mass is 285 g/mol. The molecular weight excluding hydrogens is 262 g/mol. The summed E-state index contributed by atoms with van der Waals surface area (Å²) in [4.78, 5) is 14.7. The van der Waals surface area contributed by atoms with Crippen molar-refractivity contribution >= 4 is 12.2 Å². The van der Waals surface area contributed by atoms with Crippen molar-refractivity contribution in [3.63, 3.8) is 0 Å². The minimum atomic E-state index is 0.0319. The van der Waals surface area contributed by atoms with Gasteiger partial charge in [0.25, 0.3) is 0 Å². The van der Waals surface area contributed by atoms with Gasteiger partial charge in [-0.25, -0.2) is 9.80 Å². The van der Waals surface area contributed by atoms with Gasteiger partial charge in [0.2, 0.25) is 0 Å². The second-order valence-electron chi connectivity index (χ2n) is 5.99. The molecule has 1 aromatic rings. The number of carbonyl (C=O) groups excluding carboxylic acids is 1. The molecule has 1 unspecified atom stereocenters. The van der Waals surface area contributed by atoms with E-state index in [1.165, 1.54) is 19.3 Å². The lowest BCUT2D eigenvalue weighted by atomic mass is 9.94. The molecular formula is C17H23N3O. The number of rotatable bonds is 2. The van der Waals surface area contributed by atoms with Gasteiger partial charge in [0.1, 0.15) is 0 Å². The summed E-state index contributed by atoms with van der Waals surface area (Å²) in [7, 11) is 1.92. The van der Waals surface area contributed by atoms with Crippen LogP contribution in [0.2, 0.25) is 0 Å². The van der Waals surface area contributed by atoms with Crippen LogP contribution < -0.4 is 0 Å². The van der Waals surface area contributed by atoms with Gasteiger partial charge in [-0.2, -0.15) is 5.10 Å². The molecule has 1 aromatic carbocycles. The summed E-state index contributed by atoms with van der Waals surface area (Å²) in [6.45, 7) is 0. The molecule has 1 atom stereocenters. The van der Waals surface area contributed by atoms with Crippen LogP contribution in [-0.2, 0) is 0 Å². The summed E-state index contributed by atoms with van der Waals surface area (Å²) in [6.07, 6.45) is 8.65. The third-order valence-corrected chi connectivity index (χ3v) is 4.63. The average Bonchev–Trinajstić information content (AvgIpc) is 3.04. The summed E-state index contributed by atoms with van der Waals surface area (Å²) in [6, 6.07) is 10.6. The Morgan fingerprint density at radius 3 is 2.62 bits per heavy atom. The number of benzene rings is 1. The molecule has 4 heteroatoms. The maximum absolute atomic E-state index is 12.8. The van der Waals surface area contributed by atoms with Gasteiger partial charge < -0.3 is 4.90 Å². The smallest absolute Gasteiger partial charge is 0.323 e. The van der Waals surface area contributed by atoms with Crippen molar-refractivity contribution in [1.29, 1.82) is 0 Å². The Morgan fingerprint density at radius 1 is 1.19 bits per heavy atom. The van der Waals surface area contributed by atoms with Crippen molar-refractivity contribution in [2.45, 2.75) is 50.6 Å². The van der Waals surface area contributed by atoms with E-state index in [1.807, 2.05) is 36.4 Å². The molecule has 4 nitrogen and oxygen atoms in total. The van der Waals surface area contributed by atoms with E-state index in [0.717, 1.165) is 24.8 Å². The number of urea groups is 1. The zero-order valence-corrected chi connectivity index (χ0v) is 12.6. The van der Waals surface area contributed by atoms with Crippen LogP contribution in [0.25, 0.3) is 0 Å². The van der Waals surface area contributed by atoms with Crippen LogP contribution in [0.15, 0.2) is 35.4 Å². The minimum Gasteiger partial charge on any atom is -0.323 e. The van der Waals surface area contributed by atoms with Gasteiger partial charge in [0.05, 0.1) is 6.04 Å². The Kier molecular flexibility index (Phi) is 4.23. The highest BCUT2D eigenvalue weighted by atomic mass is 16.2. The largest absolute Gasteiger partial charge is 0.340 e. The quantitative estimate of drug-likeness (QED) is 0.814. The maximum atomic E-state index is 12.8. The number of hydrazone groups is 1. The van der Waals surface area contributed by atoms with Gasteiger partial charge in [0.15, 0.2) is 0 Å². The van der Waals surface area contributed by atoms with Crippen LogP contribution in [-0.4, -0.2) is 35.2 Å². The molecule has 1 aliphatic heterocycles. The van der Waals surface area contributed by atoms with Crippen molar-refractivity contribution in [3.05, 3.63) is 35.9 Å². The zero-order chi connectivity index (χ0) is 14.7. The summed E-state index contributed by atoms with van der Waals surface area (Å²) in [5, 5.41) is 5.98. The SMILES string of the molecule is CN(C(=O)N1N=CCC1c1ccccc1)C1CCCCC1. The van der Waals surface area contributed by atoms with Crippen LogP contribution in [0.4, 0.5) is 4.79 Å². The lowest BCUT2D eigenvalue weighted by Crippen LogP contribution is -2.44. The Labute approximate surface area is 126 Å². The second-order valence-corrected chi connectivity index (χ2v) is 5.99. The van der Waals surface area contributed by atoms with Crippen molar-refractivity contribution in [3.8, 4) is 0 Å². The highest BCUT2D eigenvalue weighted by Gasteiger charge is 2.32. The first-order valence-electron chi connectivity index (χ1n) is 7.91. The lowest BCUT2D eigenvalue weighted by molar-refractivity contribution is 0.125. The summed E-state index contributed by atoms with van der Waals surface area (Å²) in [5.74, 6) is 0. The predicted octanol–water partition coefficient (Wildman–Crippen LogP) is 3.80. The average molecular weight is 285 g/mol. The van der Waals surface area contributed by atoms with Gasteiger partial charge in [-0.1, -0.05) is 49.6 Å². The molecule has 1 fully saturated rings. The number of hydrogen-bond donors (Lipinski definition) is 0. The molecule has 3 rings (SSSR count). The fourth-order valence-corrected chi connectivity index (χ4v) is 3.34. The van der Waals surface area contributed by atoms with Gasteiger partial charge in [-0.15, -0.1) is 0 Å². The molecule has 112 valence electrons. The van der Waals surface area contributed by atoms with Gasteiger partial charge in [-0.3, -0.25) is 0 Å². The molecule has 21 heavy (non-hydrogen) atoms. The lowest BCUT2D eigenvalue weighted by Gasteiger charge is -2.34. The first kappa shape index (κ1) is 14.1. The van der Waals surface area contributed by atoms with E-state index in [4.69, 9.17) is 0 Å². The predicted molar refractivity (Wildman–Crippen MR) is 84.2 cm³/mol. The van der Waals surface area contributed by atoms with Crippen molar-refractivity contribution in [1.82, 2.24) is 9.91 Å². The van der Waals surface area contributed by atoms with Crippen molar-refractivity contribution in [2.24, 2.45) is 5.10 Å². The molecule has 0 N–H and O–H groups in total. The highest BCUT2D eigenvalue weighted by molar-refractivity contribution is 5.78. The van der Waals surface area contributed by atoms with Crippen LogP contribution in [0.5, 0.6) is 0 Å². The molecule has 0 radical (unpaired) electrons. The van der Waals surface area contributed by atoms with Crippen LogP contribution in [0, 0.1) is 0 Å². The van der Waals surface area contributed by atoms with Gasteiger partial charge >= 0.3 is 6.03 Å². The van der Waals surface area contributed by atoms with E-state index < -0.39 is 0 Å². The van der Waals surface area contributed by atoms with Crippen LogP contribution in [0.3, 0.4) is 0 Å². The Morgan fingerprint density at radius 2 is 1.90 bits per heavy atom. The number of hydrogen-bond acceptors (Lipinski definition) is 2. The molecule has 2 aliphatic rings. The third kappa shape index (κ3) is 2.94. The standard InChI is InChI=1S/C17H23N3O/c1-19(15-10-6-3-7-11-15)17(21)20-16(12-13-18-20)14-8-4-2-5-9-14/h2,4-5,8-9,13,15-16H,3,6-7,10-12H2,1H3. The molecule has 0 bridgehead atoms. The molecule has 1 heterocycles. The first-order chi connectivity index (χ1) is 10.3. The summed E-state index contributed by atoms with van der Waals surface area (Å²) >= 11 is 0.